The van der Waals surface area contributed by atoms with Gasteiger partial charge in [-0.05, 0) is 76.7 Å². The molecular weight excluding hydrogens is 384 g/mol. The van der Waals surface area contributed by atoms with E-state index in [2.05, 4.69) is 85.8 Å². The summed E-state index contributed by atoms with van der Waals surface area (Å²) in [6, 6.07) is 25.3. The van der Waals surface area contributed by atoms with Crippen LogP contribution in [0.4, 0.5) is 5.69 Å². The molecule has 0 saturated carbocycles. The number of hydrogen-bond donors (Lipinski definition) is 1. The van der Waals surface area contributed by atoms with Crippen LogP contribution in [0.1, 0.15) is 43.5 Å². The summed E-state index contributed by atoms with van der Waals surface area (Å²) in [6.45, 7) is 6.71. The zero-order chi connectivity index (χ0) is 22.0. The van der Waals surface area contributed by atoms with Gasteiger partial charge >= 0.3 is 0 Å². The van der Waals surface area contributed by atoms with Crippen LogP contribution in [0.2, 0.25) is 0 Å². The van der Waals surface area contributed by atoms with Crippen LogP contribution in [0.15, 0.2) is 78.9 Å². The summed E-state index contributed by atoms with van der Waals surface area (Å²) in [5, 5.41) is 2.22. The van der Waals surface area contributed by atoms with Crippen molar-refractivity contribution in [1.29, 1.82) is 0 Å². The minimum atomic E-state index is 0.0588. The zero-order valence-corrected chi connectivity index (χ0v) is 18.8. The Labute approximate surface area is 185 Å². The molecule has 1 aliphatic heterocycles. The minimum Gasteiger partial charge on any atom is -0.497 e. The molecule has 1 unspecified atom stereocenters. The maximum atomic E-state index is 5.34. The van der Waals surface area contributed by atoms with Gasteiger partial charge in [0, 0.05) is 0 Å². The molecule has 0 radical (unpaired) electrons. The molecule has 3 aromatic carbocycles. The van der Waals surface area contributed by atoms with Gasteiger partial charge in [-0.3, -0.25) is 10.4 Å². The summed E-state index contributed by atoms with van der Waals surface area (Å²) in [5.41, 5.74) is 9.56. The number of benzene rings is 3. The Morgan fingerprint density at radius 2 is 1.29 bits per heavy atom. The first-order valence-corrected chi connectivity index (χ1v) is 10.6. The molecular formula is C27H30N2O2. The Morgan fingerprint density at radius 3 is 1.81 bits per heavy atom. The predicted octanol–water partition coefficient (Wildman–Crippen LogP) is 6.11. The number of rotatable bonds is 5. The Kier molecular flexibility index (Phi) is 5.64. The number of methoxy groups -OCH3 is 2. The van der Waals surface area contributed by atoms with E-state index < -0.39 is 0 Å². The Morgan fingerprint density at radius 1 is 0.742 bits per heavy atom. The number of hydrazine groups is 1. The molecule has 0 bridgehead atoms. The lowest BCUT2D eigenvalue weighted by molar-refractivity contribution is 0.414. The first-order chi connectivity index (χ1) is 14.9. The lowest BCUT2D eigenvalue weighted by Gasteiger charge is -2.29. The third-order valence-corrected chi connectivity index (χ3v) is 5.71. The second-order valence-corrected chi connectivity index (χ2v) is 8.81. The molecule has 160 valence electrons. The van der Waals surface area contributed by atoms with E-state index in [1.165, 1.54) is 11.1 Å². The van der Waals surface area contributed by atoms with Crippen LogP contribution in [0.25, 0.3) is 5.70 Å². The van der Waals surface area contributed by atoms with Crippen LogP contribution in [0.3, 0.4) is 0 Å². The van der Waals surface area contributed by atoms with Crippen LogP contribution < -0.4 is 19.9 Å². The molecule has 1 N–H and O–H groups in total. The van der Waals surface area contributed by atoms with Crippen molar-refractivity contribution in [2.45, 2.75) is 32.2 Å². The second-order valence-electron chi connectivity index (χ2n) is 8.81. The van der Waals surface area contributed by atoms with Crippen LogP contribution >= 0.6 is 0 Å². The van der Waals surface area contributed by atoms with E-state index in [4.69, 9.17) is 9.47 Å². The van der Waals surface area contributed by atoms with E-state index in [0.717, 1.165) is 28.4 Å². The van der Waals surface area contributed by atoms with Crippen molar-refractivity contribution in [3.05, 3.63) is 95.6 Å². The minimum absolute atomic E-state index is 0.0588. The van der Waals surface area contributed by atoms with Crippen molar-refractivity contribution < 1.29 is 9.47 Å². The van der Waals surface area contributed by atoms with Gasteiger partial charge in [0.25, 0.3) is 0 Å². The van der Waals surface area contributed by atoms with Gasteiger partial charge in [-0.25, -0.2) is 0 Å². The van der Waals surface area contributed by atoms with Crippen LogP contribution in [0, 0.1) is 0 Å². The average molecular weight is 415 g/mol. The molecule has 4 nitrogen and oxygen atoms in total. The molecule has 3 aromatic rings. The summed E-state index contributed by atoms with van der Waals surface area (Å²) < 4.78 is 10.7. The SMILES string of the molecule is COc1ccc(C2=CC(c3ccc(OC)cc3)N(c3ccc(C(C)(C)C)cc3)N2)cc1. The summed E-state index contributed by atoms with van der Waals surface area (Å²) >= 11 is 0. The van der Waals surface area contributed by atoms with Gasteiger partial charge in [-0.1, -0.05) is 45.0 Å². The first kappa shape index (κ1) is 20.9. The molecule has 0 fully saturated rings. The van der Waals surface area contributed by atoms with Crippen molar-refractivity contribution >= 4 is 11.4 Å². The highest BCUT2D eigenvalue weighted by Gasteiger charge is 2.27. The van der Waals surface area contributed by atoms with Gasteiger partial charge in [-0.15, -0.1) is 0 Å². The fourth-order valence-electron chi connectivity index (χ4n) is 3.79. The second kappa shape index (κ2) is 8.38. The third-order valence-electron chi connectivity index (χ3n) is 5.71. The molecule has 0 aliphatic carbocycles. The molecule has 0 aromatic heterocycles. The molecule has 0 spiro atoms. The largest absolute Gasteiger partial charge is 0.497 e. The normalized spacial score (nSPS) is 16.0. The number of nitrogens with one attached hydrogen (secondary N) is 1. The topological polar surface area (TPSA) is 33.7 Å². The number of anilines is 1. The van der Waals surface area contributed by atoms with Crippen molar-refractivity contribution in [2.24, 2.45) is 0 Å². The van der Waals surface area contributed by atoms with E-state index in [-0.39, 0.29) is 11.5 Å². The molecule has 4 heteroatoms. The summed E-state index contributed by atoms with van der Waals surface area (Å²) in [4.78, 5) is 0. The summed E-state index contributed by atoms with van der Waals surface area (Å²) in [6.07, 6.45) is 2.27. The Balaban J connectivity index is 1.70. The summed E-state index contributed by atoms with van der Waals surface area (Å²) in [7, 11) is 3.38. The molecule has 1 heterocycles. The van der Waals surface area contributed by atoms with E-state index >= 15 is 0 Å². The smallest absolute Gasteiger partial charge is 0.118 e. The van der Waals surface area contributed by atoms with Gasteiger partial charge < -0.3 is 9.47 Å². The third kappa shape index (κ3) is 4.38. The first-order valence-electron chi connectivity index (χ1n) is 10.6. The highest BCUT2D eigenvalue weighted by molar-refractivity contribution is 5.72. The van der Waals surface area contributed by atoms with Crippen LogP contribution in [-0.4, -0.2) is 14.2 Å². The standard InChI is InChI=1S/C27H30N2O2/c1-27(2,3)21-10-12-22(13-11-21)29-26(20-8-16-24(31-5)17-9-20)18-25(28-29)19-6-14-23(30-4)15-7-19/h6-18,26,28H,1-5H3. The van der Waals surface area contributed by atoms with Gasteiger partial charge in [0.15, 0.2) is 0 Å². The van der Waals surface area contributed by atoms with Gasteiger partial charge in [0.05, 0.1) is 31.6 Å². The maximum absolute atomic E-state index is 5.34. The number of hydrogen-bond acceptors (Lipinski definition) is 4. The van der Waals surface area contributed by atoms with Crippen molar-refractivity contribution in [1.82, 2.24) is 5.43 Å². The zero-order valence-electron chi connectivity index (χ0n) is 18.8. The molecule has 1 atom stereocenters. The van der Waals surface area contributed by atoms with Crippen molar-refractivity contribution in [2.75, 3.05) is 19.2 Å². The highest BCUT2D eigenvalue weighted by Crippen LogP contribution is 2.36. The molecule has 4 rings (SSSR count). The van der Waals surface area contributed by atoms with Gasteiger partial charge in [0.2, 0.25) is 0 Å². The quantitative estimate of drug-likeness (QED) is 0.546. The van der Waals surface area contributed by atoms with Gasteiger partial charge in [0.1, 0.15) is 11.5 Å². The fourth-order valence-corrected chi connectivity index (χ4v) is 3.79. The number of nitrogens with zero attached hydrogens (tertiary/aromatic N) is 1. The van der Waals surface area contributed by atoms with Crippen molar-refractivity contribution in [3.8, 4) is 11.5 Å². The van der Waals surface area contributed by atoms with E-state index in [1.807, 2.05) is 24.3 Å². The lowest BCUT2D eigenvalue weighted by Crippen LogP contribution is -2.34. The monoisotopic (exact) mass is 414 g/mol. The molecule has 1 aliphatic rings. The molecule has 31 heavy (non-hydrogen) atoms. The van der Waals surface area contributed by atoms with Crippen molar-refractivity contribution in [3.63, 3.8) is 0 Å². The van der Waals surface area contributed by atoms with E-state index in [0.29, 0.717) is 0 Å². The van der Waals surface area contributed by atoms with E-state index in [1.54, 1.807) is 14.2 Å². The van der Waals surface area contributed by atoms with Crippen LogP contribution in [-0.2, 0) is 5.41 Å². The van der Waals surface area contributed by atoms with E-state index in [9.17, 15) is 0 Å². The van der Waals surface area contributed by atoms with Gasteiger partial charge in [-0.2, -0.15) is 0 Å². The highest BCUT2D eigenvalue weighted by atomic mass is 16.5. The molecule has 0 saturated heterocycles. The predicted molar refractivity (Wildman–Crippen MR) is 127 cm³/mol. The average Bonchev–Trinajstić information content (AvgIpc) is 3.24. The Hall–Kier alpha value is -3.40. The lowest BCUT2D eigenvalue weighted by atomic mass is 9.87. The fraction of sp³-hybridized carbons (Fsp3) is 0.259. The Bertz CT molecular complexity index is 1050. The van der Waals surface area contributed by atoms with Crippen LogP contribution in [0.5, 0.6) is 11.5 Å². The molecule has 0 amide bonds. The number of ether oxygens (including phenoxy) is 2. The summed E-state index contributed by atoms with van der Waals surface area (Å²) in [5.74, 6) is 1.71. The maximum Gasteiger partial charge on any atom is 0.118 e.